The average Bonchev–Trinajstić information content (AvgIpc) is 3.38. The van der Waals surface area contributed by atoms with Crippen molar-refractivity contribution in [1.29, 1.82) is 0 Å². The van der Waals surface area contributed by atoms with E-state index >= 15 is 0 Å². The normalized spacial score (nSPS) is 16.0. The van der Waals surface area contributed by atoms with Crippen molar-refractivity contribution in [3.63, 3.8) is 0 Å². The number of aryl methyl sites for hydroxylation is 2. The first-order valence-corrected chi connectivity index (χ1v) is 12.7. The van der Waals surface area contributed by atoms with E-state index in [4.69, 9.17) is 14.2 Å². The Bertz CT molecular complexity index is 1410. The highest BCUT2D eigenvalue weighted by Crippen LogP contribution is 2.39. The number of alkyl halides is 2. The smallest absolute Gasteiger partial charge is 0.338 e. The fraction of sp³-hybridized carbons (Fsp3) is 0.414. The molecule has 8 heteroatoms. The number of carbonyl (C=O) groups excluding carboxylic acids is 1. The van der Waals surface area contributed by atoms with E-state index in [-0.39, 0.29) is 30.8 Å². The Morgan fingerprint density at radius 2 is 1.86 bits per heavy atom. The molecule has 0 spiro atoms. The lowest BCUT2D eigenvalue weighted by Gasteiger charge is -2.28. The van der Waals surface area contributed by atoms with Crippen LogP contribution in [0.15, 0.2) is 47.2 Å². The van der Waals surface area contributed by atoms with Gasteiger partial charge in [-0.2, -0.15) is 0 Å². The van der Waals surface area contributed by atoms with E-state index in [1.165, 1.54) is 0 Å². The van der Waals surface area contributed by atoms with Gasteiger partial charge in [-0.3, -0.25) is 4.98 Å². The molecule has 0 saturated heterocycles. The topological polar surface area (TPSA) is 70.2 Å². The Hall–Kier alpha value is -3.55. The molecule has 1 fully saturated rings. The number of carbonyl (C=O) groups is 1. The second-order valence-corrected chi connectivity index (χ2v) is 10.3. The lowest BCUT2D eigenvalue weighted by molar-refractivity contribution is -0.0472. The number of hydrogen-bond acceptors (Lipinski definition) is 5. The van der Waals surface area contributed by atoms with E-state index in [1.54, 1.807) is 12.1 Å². The fourth-order valence-corrected chi connectivity index (χ4v) is 5.19. The molecule has 1 aromatic carbocycles. The maximum Gasteiger partial charge on any atom is 0.338 e. The van der Waals surface area contributed by atoms with E-state index in [9.17, 15) is 13.6 Å². The van der Waals surface area contributed by atoms with Crippen LogP contribution < -0.4 is 0 Å². The zero-order valence-corrected chi connectivity index (χ0v) is 21.6. The van der Waals surface area contributed by atoms with Crippen LogP contribution in [0.2, 0.25) is 0 Å². The van der Waals surface area contributed by atoms with Gasteiger partial charge in [0.05, 0.1) is 28.4 Å². The Labute approximate surface area is 214 Å². The maximum atomic E-state index is 13.8. The molecule has 0 atom stereocenters. The summed E-state index contributed by atoms with van der Waals surface area (Å²) in [4.78, 5) is 17.1. The standard InChI is InChI=1S/C29H31F2N3O3/c1-17(2)36-28(35)22-7-5-21(6-8-22)24-16-34(15-20-9-11-29(30,31)12-10-20)25-13-23(14-32-27(24)25)26-18(3)33-37-19(26)4/h5-8,13-14,16-17,20H,9-12,15H2,1-4H3. The molecule has 0 N–H and O–H groups in total. The molecule has 1 aliphatic carbocycles. The average molecular weight is 508 g/mol. The molecule has 0 radical (unpaired) electrons. The summed E-state index contributed by atoms with van der Waals surface area (Å²) in [5.41, 5.74) is 6.66. The predicted octanol–water partition coefficient (Wildman–Crippen LogP) is 7.37. The molecular formula is C29H31F2N3O3. The van der Waals surface area contributed by atoms with Crippen LogP contribution in [0.1, 0.15) is 61.3 Å². The number of pyridine rings is 1. The predicted molar refractivity (Wildman–Crippen MR) is 138 cm³/mol. The summed E-state index contributed by atoms with van der Waals surface area (Å²) in [5.74, 6) is -2.04. The molecular weight excluding hydrogens is 476 g/mol. The number of rotatable bonds is 6. The van der Waals surface area contributed by atoms with Gasteiger partial charge in [-0.25, -0.2) is 13.6 Å². The number of nitrogens with zero attached hydrogens (tertiary/aromatic N) is 3. The minimum atomic E-state index is -2.56. The van der Waals surface area contributed by atoms with Gasteiger partial charge in [-0.1, -0.05) is 17.3 Å². The van der Waals surface area contributed by atoms with Crippen molar-refractivity contribution in [3.05, 3.63) is 59.7 Å². The van der Waals surface area contributed by atoms with Gasteiger partial charge in [-0.15, -0.1) is 0 Å². The Kier molecular flexibility index (Phi) is 6.60. The molecule has 5 rings (SSSR count). The van der Waals surface area contributed by atoms with Crippen LogP contribution in [0.3, 0.4) is 0 Å². The van der Waals surface area contributed by atoms with Gasteiger partial charge in [0, 0.05) is 48.5 Å². The first-order chi connectivity index (χ1) is 17.6. The van der Waals surface area contributed by atoms with Crippen LogP contribution in [0.4, 0.5) is 8.78 Å². The van der Waals surface area contributed by atoms with Gasteiger partial charge in [0.1, 0.15) is 5.76 Å². The second-order valence-electron chi connectivity index (χ2n) is 10.3. The van der Waals surface area contributed by atoms with Crippen LogP contribution >= 0.6 is 0 Å². The molecule has 3 aromatic heterocycles. The van der Waals surface area contributed by atoms with Gasteiger partial charge in [-0.05, 0) is 70.2 Å². The first-order valence-electron chi connectivity index (χ1n) is 12.7. The molecule has 194 valence electrons. The number of aromatic nitrogens is 3. The molecule has 6 nitrogen and oxygen atoms in total. The summed E-state index contributed by atoms with van der Waals surface area (Å²) in [6.07, 6.45) is 4.51. The minimum Gasteiger partial charge on any atom is -0.459 e. The molecule has 0 amide bonds. The van der Waals surface area contributed by atoms with E-state index < -0.39 is 5.92 Å². The van der Waals surface area contributed by atoms with Crippen LogP contribution in [0.5, 0.6) is 0 Å². The summed E-state index contributed by atoms with van der Waals surface area (Å²) < 4.78 is 40.4. The first kappa shape index (κ1) is 25.1. The van der Waals surface area contributed by atoms with Gasteiger partial charge >= 0.3 is 5.97 Å². The Morgan fingerprint density at radius 3 is 2.49 bits per heavy atom. The van der Waals surface area contributed by atoms with Gasteiger partial charge < -0.3 is 13.8 Å². The lowest BCUT2D eigenvalue weighted by atomic mass is 9.87. The Morgan fingerprint density at radius 1 is 1.16 bits per heavy atom. The van der Waals surface area contributed by atoms with E-state index in [0.29, 0.717) is 24.9 Å². The number of fused-ring (bicyclic) bond motifs is 1. The summed E-state index contributed by atoms with van der Waals surface area (Å²) in [6, 6.07) is 9.36. The van der Waals surface area contributed by atoms with Gasteiger partial charge in [0.25, 0.3) is 0 Å². The quantitative estimate of drug-likeness (QED) is 0.255. The highest BCUT2D eigenvalue weighted by molar-refractivity contribution is 5.96. The van der Waals surface area contributed by atoms with E-state index in [1.807, 2.05) is 52.2 Å². The Balaban J connectivity index is 1.54. The molecule has 0 unspecified atom stereocenters. The summed E-state index contributed by atoms with van der Waals surface area (Å²) in [7, 11) is 0. The van der Waals surface area contributed by atoms with Crippen molar-refractivity contribution in [1.82, 2.24) is 14.7 Å². The molecule has 1 aliphatic rings. The number of halogens is 2. The zero-order valence-electron chi connectivity index (χ0n) is 21.6. The largest absolute Gasteiger partial charge is 0.459 e. The van der Waals surface area contributed by atoms with Crippen molar-refractivity contribution in [2.75, 3.05) is 0 Å². The van der Waals surface area contributed by atoms with Crippen molar-refractivity contribution < 1.29 is 22.8 Å². The van der Waals surface area contributed by atoms with Crippen LogP contribution in [-0.4, -0.2) is 32.7 Å². The highest BCUT2D eigenvalue weighted by atomic mass is 19.3. The summed E-state index contributed by atoms with van der Waals surface area (Å²) in [6.45, 7) is 8.04. The number of ether oxygens (including phenoxy) is 1. The SMILES string of the molecule is Cc1noc(C)c1-c1cnc2c(-c3ccc(C(=O)OC(C)C)cc3)cn(CC3CCC(F)(F)CC3)c2c1. The van der Waals surface area contributed by atoms with Crippen LogP contribution in [-0.2, 0) is 11.3 Å². The van der Waals surface area contributed by atoms with Crippen molar-refractivity contribution >= 4 is 17.0 Å². The summed E-state index contributed by atoms with van der Waals surface area (Å²) in [5, 5.41) is 4.08. The third kappa shape index (κ3) is 5.15. The molecule has 37 heavy (non-hydrogen) atoms. The van der Waals surface area contributed by atoms with Crippen molar-refractivity contribution in [2.45, 2.75) is 71.9 Å². The van der Waals surface area contributed by atoms with E-state index in [0.717, 1.165) is 44.7 Å². The molecule has 0 aliphatic heterocycles. The van der Waals surface area contributed by atoms with Crippen molar-refractivity contribution in [3.8, 4) is 22.3 Å². The monoisotopic (exact) mass is 507 g/mol. The molecule has 3 heterocycles. The third-order valence-electron chi connectivity index (χ3n) is 7.11. The molecule has 4 aromatic rings. The number of esters is 1. The van der Waals surface area contributed by atoms with Crippen LogP contribution in [0.25, 0.3) is 33.3 Å². The summed E-state index contributed by atoms with van der Waals surface area (Å²) >= 11 is 0. The maximum absolute atomic E-state index is 13.8. The van der Waals surface area contributed by atoms with Crippen LogP contribution in [0, 0.1) is 19.8 Å². The molecule has 1 saturated carbocycles. The molecule has 0 bridgehead atoms. The zero-order chi connectivity index (χ0) is 26.3. The highest BCUT2D eigenvalue weighted by Gasteiger charge is 2.35. The lowest BCUT2D eigenvalue weighted by Crippen LogP contribution is -2.26. The van der Waals surface area contributed by atoms with E-state index in [2.05, 4.69) is 15.8 Å². The number of benzene rings is 1. The minimum absolute atomic E-state index is 0.0692. The van der Waals surface area contributed by atoms with Gasteiger partial charge in [0.2, 0.25) is 5.92 Å². The second kappa shape index (κ2) is 9.72. The number of hydrogen-bond donors (Lipinski definition) is 0. The van der Waals surface area contributed by atoms with Gasteiger partial charge in [0.15, 0.2) is 0 Å². The van der Waals surface area contributed by atoms with Crippen molar-refractivity contribution in [2.24, 2.45) is 5.92 Å². The third-order valence-corrected chi connectivity index (χ3v) is 7.11. The fourth-order valence-electron chi connectivity index (χ4n) is 5.19.